The lowest BCUT2D eigenvalue weighted by Crippen LogP contribution is -2.51. The second kappa shape index (κ2) is 5.86. The van der Waals surface area contributed by atoms with E-state index in [0.29, 0.717) is 10.8 Å². The minimum Gasteiger partial charge on any atom is -0.364 e. The third kappa shape index (κ3) is 2.52. The van der Waals surface area contributed by atoms with Crippen molar-refractivity contribution >= 4 is 22.4 Å². The van der Waals surface area contributed by atoms with Crippen molar-refractivity contribution in [1.29, 1.82) is 0 Å². The van der Waals surface area contributed by atoms with E-state index in [9.17, 15) is 27.5 Å². The largest absolute Gasteiger partial charge is 0.364 e. The van der Waals surface area contributed by atoms with Crippen molar-refractivity contribution < 1.29 is 27.5 Å². The molecular weight excluding hydrogens is 328 g/mol. The molecule has 0 fully saturated rings. The van der Waals surface area contributed by atoms with Gasteiger partial charge in [0.05, 0.1) is 0 Å². The number of amides is 1. The van der Waals surface area contributed by atoms with E-state index in [0.717, 1.165) is 0 Å². The van der Waals surface area contributed by atoms with Gasteiger partial charge in [-0.1, -0.05) is 36.4 Å². The molecule has 4 nitrogen and oxygen atoms in total. The molecule has 1 aliphatic heterocycles. The quantitative estimate of drug-likeness (QED) is 0.872. The number of benzene rings is 2. The maximum Gasteiger partial charge on any atom is 0.287 e. The Kier molecular flexibility index (Phi) is 4.00. The van der Waals surface area contributed by atoms with Gasteiger partial charge in [0.2, 0.25) is 5.72 Å². The van der Waals surface area contributed by atoms with E-state index in [-0.39, 0.29) is 10.6 Å². The first-order valence-electron chi connectivity index (χ1n) is 7.03. The van der Waals surface area contributed by atoms with Crippen LogP contribution in [0, 0.1) is 0 Å². The van der Waals surface area contributed by atoms with Gasteiger partial charge in [0.15, 0.2) is 0 Å². The predicted octanol–water partition coefficient (Wildman–Crippen LogP) is 3.26. The van der Waals surface area contributed by atoms with Gasteiger partial charge in [0.25, 0.3) is 18.8 Å². The number of carbonyl (C=O) groups excluding carboxylic acids is 1. The molecule has 1 heterocycles. The van der Waals surface area contributed by atoms with Crippen molar-refractivity contribution in [2.24, 2.45) is 5.10 Å². The summed E-state index contributed by atoms with van der Waals surface area (Å²) in [6.07, 6.45) is -7.68. The van der Waals surface area contributed by atoms with Gasteiger partial charge < -0.3 is 5.11 Å². The summed E-state index contributed by atoms with van der Waals surface area (Å²) >= 11 is 0. The van der Waals surface area contributed by atoms with Crippen molar-refractivity contribution in [3.63, 3.8) is 0 Å². The summed E-state index contributed by atoms with van der Waals surface area (Å²) in [6, 6.07) is 11.3. The molecule has 0 bridgehead atoms. The smallest absolute Gasteiger partial charge is 0.287 e. The molecule has 126 valence electrons. The summed E-state index contributed by atoms with van der Waals surface area (Å²) in [5.41, 5.74) is -4.04. The zero-order chi connectivity index (χ0) is 17.5. The summed E-state index contributed by atoms with van der Waals surface area (Å²) in [7, 11) is 0. The van der Waals surface area contributed by atoms with Crippen molar-refractivity contribution in [2.45, 2.75) is 25.0 Å². The van der Waals surface area contributed by atoms with E-state index < -0.39 is 36.6 Å². The number of hydrogen-bond donors (Lipinski definition) is 1. The summed E-state index contributed by atoms with van der Waals surface area (Å²) in [5, 5.41) is 14.5. The van der Waals surface area contributed by atoms with Crippen molar-refractivity contribution in [1.82, 2.24) is 5.01 Å². The molecule has 0 radical (unpaired) electrons. The van der Waals surface area contributed by atoms with Crippen LogP contribution < -0.4 is 0 Å². The Labute approximate surface area is 134 Å². The number of alkyl halides is 4. The Morgan fingerprint density at radius 3 is 2.46 bits per heavy atom. The van der Waals surface area contributed by atoms with Gasteiger partial charge in [0, 0.05) is 12.0 Å². The molecule has 24 heavy (non-hydrogen) atoms. The fourth-order valence-corrected chi connectivity index (χ4v) is 2.63. The number of fused-ring (bicyclic) bond motifs is 1. The number of aliphatic hydroxyl groups is 1. The highest BCUT2D eigenvalue weighted by Crippen LogP contribution is 2.35. The molecule has 0 saturated carbocycles. The van der Waals surface area contributed by atoms with E-state index in [4.69, 9.17) is 0 Å². The van der Waals surface area contributed by atoms with Gasteiger partial charge in [-0.25, -0.2) is 17.6 Å². The number of hydrazone groups is 1. The standard InChI is InChI=1S/C16H12F4N2O2/c17-13(18)12-8-16(24,15(19)20)22(21-12)14(23)11-7-3-5-9-4-1-2-6-10(9)11/h1-7,13,15,24H,8H2/t16-/m0/s1. The van der Waals surface area contributed by atoms with E-state index >= 15 is 0 Å². The molecule has 0 aliphatic carbocycles. The van der Waals surface area contributed by atoms with E-state index in [1.807, 2.05) is 0 Å². The average molecular weight is 340 g/mol. The first-order valence-corrected chi connectivity index (χ1v) is 7.03. The summed E-state index contributed by atoms with van der Waals surface area (Å²) in [5.74, 6) is -1.06. The second-order valence-corrected chi connectivity index (χ2v) is 5.39. The molecule has 0 spiro atoms. The third-order valence-electron chi connectivity index (χ3n) is 3.85. The van der Waals surface area contributed by atoms with Crippen LogP contribution in [-0.4, -0.2) is 40.3 Å². The fraction of sp³-hybridized carbons (Fsp3) is 0.250. The van der Waals surface area contributed by atoms with Crippen LogP contribution in [0.2, 0.25) is 0 Å². The molecule has 2 aromatic rings. The maximum atomic E-state index is 13.2. The summed E-state index contributed by atoms with van der Waals surface area (Å²) in [6.45, 7) is 0. The zero-order valence-electron chi connectivity index (χ0n) is 12.2. The number of nitrogens with zero attached hydrogens (tertiary/aromatic N) is 2. The van der Waals surface area contributed by atoms with Crippen LogP contribution in [0.1, 0.15) is 16.8 Å². The molecule has 3 rings (SSSR count). The normalized spacial score (nSPS) is 21.0. The Hall–Kier alpha value is -2.48. The first-order chi connectivity index (χ1) is 11.3. The highest BCUT2D eigenvalue weighted by Gasteiger charge is 2.53. The monoisotopic (exact) mass is 340 g/mol. The summed E-state index contributed by atoms with van der Waals surface area (Å²) < 4.78 is 52.1. The highest BCUT2D eigenvalue weighted by atomic mass is 19.3. The van der Waals surface area contributed by atoms with Crippen molar-refractivity contribution in [3.05, 3.63) is 48.0 Å². The van der Waals surface area contributed by atoms with Gasteiger partial charge in [0.1, 0.15) is 5.71 Å². The Bertz CT molecular complexity index is 819. The van der Waals surface area contributed by atoms with Crippen LogP contribution in [0.4, 0.5) is 17.6 Å². The number of rotatable bonds is 3. The predicted molar refractivity (Wildman–Crippen MR) is 79.1 cm³/mol. The molecule has 2 aromatic carbocycles. The molecule has 1 atom stereocenters. The minimum absolute atomic E-state index is 0.00792. The van der Waals surface area contributed by atoms with Crippen LogP contribution in [0.3, 0.4) is 0 Å². The number of carbonyl (C=O) groups is 1. The van der Waals surface area contributed by atoms with Crippen LogP contribution in [0.5, 0.6) is 0 Å². The SMILES string of the molecule is O=C(c1cccc2ccccc12)N1N=C(C(F)F)C[C@]1(O)C(F)F. The lowest BCUT2D eigenvalue weighted by Gasteiger charge is -2.30. The van der Waals surface area contributed by atoms with Gasteiger partial charge >= 0.3 is 0 Å². The van der Waals surface area contributed by atoms with Gasteiger partial charge in [-0.05, 0) is 16.8 Å². The average Bonchev–Trinajstić information content (AvgIpc) is 2.93. The molecule has 0 unspecified atom stereocenters. The fourth-order valence-electron chi connectivity index (χ4n) is 2.63. The van der Waals surface area contributed by atoms with E-state index in [2.05, 4.69) is 5.10 Å². The Morgan fingerprint density at radius 1 is 1.12 bits per heavy atom. The highest BCUT2D eigenvalue weighted by molar-refractivity contribution is 6.08. The topological polar surface area (TPSA) is 52.9 Å². The third-order valence-corrected chi connectivity index (χ3v) is 3.85. The molecule has 1 amide bonds. The first kappa shape index (κ1) is 16.4. The van der Waals surface area contributed by atoms with Crippen LogP contribution in [-0.2, 0) is 0 Å². The van der Waals surface area contributed by atoms with Crippen LogP contribution in [0.15, 0.2) is 47.6 Å². The Balaban J connectivity index is 2.09. The second-order valence-electron chi connectivity index (χ2n) is 5.39. The molecule has 1 aliphatic rings. The lowest BCUT2D eigenvalue weighted by molar-refractivity contribution is -0.164. The van der Waals surface area contributed by atoms with Crippen LogP contribution >= 0.6 is 0 Å². The zero-order valence-corrected chi connectivity index (χ0v) is 12.2. The molecule has 0 saturated heterocycles. The summed E-state index contributed by atoms with van der Waals surface area (Å²) in [4.78, 5) is 12.6. The van der Waals surface area contributed by atoms with Crippen LogP contribution in [0.25, 0.3) is 10.8 Å². The van der Waals surface area contributed by atoms with Gasteiger partial charge in [-0.2, -0.15) is 10.1 Å². The van der Waals surface area contributed by atoms with E-state index in [1.165, 1.54) is 12.1 Å². The van der Waals surface area contributed by atoms with Crippen molar-refractivity contribution in [3.8, 4) is 0 Å². The van der Waals surface area contributed by atoms with Gasteiger partial charge in [-0.3, -0.25) is 4.79 Å². The number of halogens is 4. The molecule has 1 N–H and O–H groups in total. The molecule has 8 heteroatoms. The molecular formula is C16H12F4N2O2. The Morgan fingerprint density at radius 2 is 1.79 bits per heavy atom. The van der Waals surface area contributed by atoms with Crippen molar-refractivity contribution in [2.75, 3.05) is 0 Å². The lowest BCUT2D eigenvalue weighted by atomic mass is 10.0. The maximum absolute atomic E-state index is 13.2. The molecule has 0 aromatic heterocycles. The minimum atomic E-state index is -3.45. The van der Waals surface area contributed by atoms with Gasteiger partial charge in [-0.15, -0.1) is 0 Å². The van der Waals surface area contributed by atoms with E-state index in [1.54, 1.807) is 30.3 Å². The number of hydrogen-bond acceptors (Lipinski definition) is 3.